The van der Waals surface area contributed by atoms with Gasteiger partial charge in [0.25, 0.3) is 0 Å². The maximum atomic E-state index is 5.86. The summed E-state index contributed by atoms with van der Waals surface area (Å²) in [6.45, 7) is 5.16. The summed E-state index contributed by atoms with van der Waals surface area (Å²) in [7, 11) is 0. The molecule has 0 radical (unpaired) electrons. The molecule has 166 valence electrons. The number of rotatable bonds is 5. The van der Waals surface area contributed by atoms with E-state index in [-0.39, 0.29) is 12.1 Å². The third kappa shape index (κ3) is 4.18. The first kappa shape index (κ1) is 21.8. The second-order valence-electron chi connectivity index (χ2n) is 8.24. The van der Waals surface area contributed by atoms with Gasteiger partial charge in [0.05, 0.1) is 17.8 Å². The minimum atomic E-state index is -0.0581. The number of benzene rings is 1. The molecule has 0 unspecified atom stereocenters. The number of pyridine rings is 2. The van der Waals surface area contributed by atoms with Crippen LogP contribution in [0.1, 0.15) is 40.3 Å². The molecule has 2 atom stereocenters. The van der Waals surface area contributed by atoms with Crippen LogP contribution in [0.25, 0.3) is 0 Å². The van der Waals surface area contributed by atoms with Crippen LogP contribution in [0.4, 0.5) is 5.69 Å². The van der Waals surface area contributed by atoms with Crippen LogP contribution in [0.15, 0.2) is 83.7 Å². The van der Waals surface area contributed by atoms with Crippen molar-refractivity contribution in [1.82, 2.24) is 19.9 Å². The van der Waals surface area contributed by atoms with E-state index in [1.54, 1.807) is 0 Å². The molecule has 1 aliphatic rings. The molecule has 1 saturated heterocycles. The molecule has 5 rings (SSSR count). The minimum absolute atomic E-state index is 0.0223. The maximum Gasteiger partial charge on any atom is 0.174 e. The minimum Gasteiger partial charge on any atom is -0.351 e. The lowest BCUT2D eigenvalue weighted by atomic mass is 9.96. The van der Waals surface area contributed by atoms with E-state index in [4.69, 9.17) is 12.2 Å². The number of anilines is 1. The van der Waals surface area contributed by atoms with Crippen LogP contribution in [0.2, 0.25) is 0 Å². The third-order valence-electron chi connectivity index (χ3n) is 6.22. The number of hydrogen-bond acceptors (Lipinski definition) is 3. The van der Waals surface area contributed by atoms with E-state index in [1.165, 1.54) is 22.5 Å². The van der Waals surface area contributed by atoms with Gasteiger partial charge in [-0.05, 0) is 91.8 Å². The Balaban J connectivity index is 1.62. The van der Waals surface area contributed by atoms with Crippen LogP contribution in [-0.2, 0) is 6.54 Å². The molecule has 4 aromatic rings. The number of aryl methyl sites for hydroxylation is 1. The lowest BCUT2D eigenvalue weighted by Gasteiger charge is -2.28. The topological polar surface area (TPSA) is 46.0 Å². The summed E-state index contributed by atoms with van der Waals surface area (Å²) in [6, 6.07) is 20.7. The summed E-state index contributed by atoms with van der Waals surface area (Å²) in [5, 5.41) is 4.26. The number of hydrogen-bond donors (Lipinski definition) is 1. The van der Waals surface area contributed by atoms with Gasteiger partial charge >= 0.3 is 0 Å². The Morgan fingerprint density at radius 1 is 1.00 bits per heavy atom. The van der Waals surface area contributed by atoms with Crippen molar-refractivity contribution in [1.29, 1.82) is 0 Å². The van der Waals surface area contributed by atoms with Gasteiger partial charge in [-0.1, -0.05) is 22.0 Å². The fourth-order valence-electron chi connectivity index (χ4n) is 4.59. The number of aromatic nitrogens is 3. The normalized spacial score (nSPS) is 17.9. The number of halogens is 1. The van der Waals surface area contributed by atoms with Gasteiger partial charge in [-0.15, -0.1) is 0 Å². The van der Waals surface area contributed by atoms with Crippen LogP contribution in [0.3, 0.4) is 0 Å². The van der Waals surface area contributed by atoms with Gasteiger partial charge in [0.15, 0.2) is 5.11 Å². The zero-order valence-corrected chi connectivity index (χ0v) is 20.8. The van der Waals surface area contributed by atoms with Gasteiger partial charge in [0, 0.05) is 46.7 Å². The van der Waals surface area contributed by atoms with Crippen molar-refractivity contribution in [2.45, 2.75) is 32.5 Å². The highest BCUT2D eigenvalue weighted by atomic mass is 79.9. The summed E-state index contributed by atoms with van der Waals surface area (Å²) in [4.78, 5) is 11.0. The summed E-state index contributed by atoms with van der Waals surface area (Å²) >= 11 is 9.41. The molecule has 5 nitrogen and oxygen atoms in total. The van der Waals surface area contributed by atoms with Crippen LogP contribution in [0.5, 0.6) is 0 Å². The van der Waals surface area contributed by atoms with Gasteiger partial charge in [-0.3, -0.25) is 9.97 Å². The van der Waals surface area contributed by atoms with Crippen molar-refractivity contribution in [3.63, 3.8) is 0 Å². The van der Waals surface area contributed by atoms with Crippen molar-refractivity contribution in [2.24, 2.45) is 0 Å². The lowest BCUT2D eigenvalue weighted by Crippen LogP contribution is -2.29. The first-order chi connectivity index (χ1) is 16.0. The van der Waals surface area contributed by atoms with E-state index in [2.05, 4.69) is 103 Å². The summed E-state index contributed by atoms with van der Waals surface area (Å²) < 4.78 is 3.40. The Kier molecular flexibility index (Phi) is 6.00. The molecular formula is C26H24BrN5S. The monoisotopic (exact) mass is 517 g/mol. The van der Waals surface area contributed by atoms with Crippen molar-refractivity contribution < 1.29 is 0 Å². The summed E-state index contributed by atoms with van der Waals surface area (Å²) in [6.07, 6.45) is 5.53. The molecule has 1 aliphatic heterocycles. The highest BCUT2D eigenvalue weighted by molar-refractivity contribution is 9.10. The molecular weight excluding hydrogens is 494 g/mol. The fraction of sp³-hybridized carbons (Fsp3) is 0.192. The van der Waals surface area contributed by atoms with Crippen molar-refractivity contribution in [3.8, 4) is 0 Å². The largest absolute Gasteiger partial charge is 0.351 e. The predicted octanol–water partition coefficient (Wildman–Crippen LogP) is 5.88. The molecule has 0 aliphatic carbocycles. The van der Waals surface area contributed by atoms with Crippen molar-refractivity contribution >= 4 is 38.9 Å². The zero-order valence-electron chi connectivity index (χ0n) is 18.4. The standard InChI is InChI=1S/C26H24BrN5S/c1-17-15-22(18(2)31(17)16-19-10-13-28-14-11-19)25-24(23-5-3-4-12-29-23)30-26(33)32(25)21-8-6-20(27)7-9-21/h3-15,24-25H,16H2,1-2H3,(H,30,33)/t24-,25+/m0/s1. The van der Waals surface area contributed by atoms with E-state index in [0.717, 1.165) is 22.4 Å². The van der Waals surface area contributed by atoms with Gasteiger partial charge < -0.3 is 14.8 Å². The maximum absolute atomic E-state index is 5.86. The second kappa shape index (κ2) is 9.08. The SMILES string of the molecule is Cc1cc([C@@H]2[C@H](c3ccccn3)NC(=S)N2c2ccc(Br)cc2)c(C)n1Cc1ccncc1. The predicted molar refractivity (Wildman–Crippen MR) is 139 cm³/mol. The molecule has 0 spiro atoms. The zero-order chi connectivity index (χ0) is 22.9. The van der Waals surface area contributed by atoms with E-state index in [0.29, 0.717) is 5.11 Å². The molecule has 33 heavy (non-hydrogen) atoms. The average Bonchev–Trinajstić information content (AvgIpc) is 3.32. The first-order valence-electron chi connectivity index (χ1n) is 10.8. The van der Waals surface area contributed by atoms with Crippen LogP contribution in [-0.4, -0.2) is 19.6 Å². The number of thiocarbonyl (C=S) groups is 1. The van der Waals surface area contributed by atoms with Crippen molar-refractivity contribution in [2.75, 3.05) is 4.90 Å². The molecule has 1 N–H and O–H groups in total. The van der Waals surface area contributed by atoms with E-state index < -0.39 is 0 Å². The quantitative estimate of drug-likeness (QED) is 0.334. The molecule has 4 heterocycles. The van der Waals surface area contributed by atoms with E-state index in [9.17, 15) is 0 Å². The lowest BCUT2D eigenvalue weighted by molar-refractivity contribution is 0.563. The average molecular weight is 518 g/mol. The van der Waals surface area contributed by atoms with Gasteiger partial charge in [0.1, 0.15) is 0 Å². The fourth-order valence-corrected chi connectivity index (χ4v) is 5.20. The van der Waals surface area contributed by atoms with E-state index >= 15 is 0 Å². The molecule has 0 saturated carbocycles. The third-order valence-corrected chi connectivity index (χ3v) is 7.07. The number of nitrogens with one attached hydrogen (secondary N) is 1. The van der Waals surface area contributed by atoms with E-state index in [1.807, 2.05) is 30.7 Å². The molecule has 0 amide bonds. The molecule has 1 aromatic carbocycles. The molecule has 1 fully saturated rings. The Labute approximate surface area is 207 Å². The Bertz CT molecular complexity index is 1270. The molecule has 3 aromatic heterocycles. The van der Waals surface area contributed by atoms with Gasteiger partial charge in [-0.25, -0.2) is 0 Å². The van der Waals surface area contributed by atoms with Crippen LogP contribution < -0.4 is 10.2 Å². The smallest absolute Gasteiger partial charge is 0.174 e. The summed E-state index contributed by atoms with van der Waals surface area (Å²) in [5.41, 5.74) is 6.94. The second-order valence-corrected chi connectivity index (χ2v) is 9.54. The molecule has 0 bridgehead atoms. The van der Waals surface area contributed by atoms with Crippen LogP contribution >= 0.6 is 28.1 Å². The Morgan fingerprint density at radius 3 is 2.45 bits per heavy atom. The Morgan fingerprint density at radius 2 is 1.76 bits per heavy atom. The first-order valence-corrected chi connectivity index (χ1v) is 12.0. The highest BCUT2D eigenvalue weighted by Crippen LogP contribution is 2.43. The molecule has 7 heteroatoms. The van der Waals surface area contributed by atoms with Crippen LogP contribution in [0, 0.1) is 13.8 Å². The summed E-state index contributed by atoms with van der Waals surface area (Å²) in [5.74, 6) is 0. The highest BCUT2D eigenvalue weighted by Gasteiger charge is 2.42. The Hall–Kier alpha value is -3.03. The number of nitrogens with zero attached hydrogens (tertiary/aromatic N) is 4. The van der Waals surface area contributed by atoms with Gasteiger partial charge in [0.2, 0.25) is 0 Å². The van der Waals surface area contributed by atoms with Crippen molar-refractivity contribution in [3.05, 3.63) is 112 Å². The van der Waals surface area contributed by atoms with Gasteiger partial charge in [-0.2, -0.15) is 0 Å².